The summed E-state index contributed by atoms with van der Waals surface area (Å²) in [7, 11) is 0. The highest BCUT2D eigenvalue weighted by Gasteiger charge is 2.37. The van der Waals surface area contributed by atoms with Crippen molar-refractivity contribution in [1.29, 1.82) is 0 Å². The number of aromatic nitrogens is 3. The Hall–Kier alpha value is -1.08. The molecular weight excluding hydrogens is 266 g/mol. The molecule has 1 saturated heterocycles. The van der Waals surface area contributed by atoms with Crippen LogP contribution >= 0.6 is 11.8 Å². The summed E-state index contributed by atoms with van der Waals surface area (Å²) in [6.07, 6.45) is 2.90. The third-order valence-corrected chi connectivity index (χ3v) is 4.13. The van der Waals surface area contributed by atoms with Crippen molar-refractivity contribution in [2.45, 2.75) is 50.4 Å². The van der Waals surface area contributed by atoms with E-state index in [1.807, 2.05) is 11.5 Å². The number of nitrogens with zero attached hydrogens (tertiary/aromatic N) is 3. The second-order valence-corrected chi connectivity index (χ2v) is 5.77. The largest absolute Gasteiger partial charge is 0.481 e. The molecule has 6 nitrogen and oxygen atoms in total. The van der Waals surface area contributed by atoms with Gasteiger partial charge in [-0.3, -0.25) is 4.79 Å². The van der Waals surface area contributed by atoms with Gasteiger partial charge in [0.25, 0.3) is 0 Å². The smallest absolute Gasteiger partial charge is 0.313 e. The molecule has 1 aliphatic rings. The van der Waals surface area contributed by atoms with Crippen molar-refractivity contribution >= 4 is 17.7 Å². The van der Waals surface area contributed by atoms with Gasteiger partial charge in [0.05, 0.1) is 5.75 Å². The number of carboxylic acid groups (broad SMARTS) is 1. The fraction of sp³-hybridized carbons (Fsp3) is 0.750. The number of carboxylic acids is 1. The standard InChI is InChI=1S/C12H19N3O3S/c1-3-6-15-10(12(2)5-4-7-18-12)13-14-11(15)19-8-9(16)17/h3-8H2,1-2H3,(H,16,17). The Bertz CT molecular complexity index is 455. The first-order valence-electron chi connectivity index (χ1n) is 6.49. The van der Waals surface area contributed by atoms with Crippen molar-refractivity contribution in [3.63, 3.8) is 0 Å². The molecule has 0 aliphatic carbocycles. The van der Waals surface area contributed by atoms with Gasteiger partial charge in [-0.25, -0.2) is 0 Å². The molecule has 0 radical (unpaired) electrons. The molecule has 2 heterocycles. The van der Waals surface area contributed by atoms with Gasteiger partial charge in [-0.2, -0.15) is 0 Å². The summed E-state index contributed by atoms with van der Waals surface area (Å²) >= 11 is 1.21. The van der Waals surface area contributed by atoms with Gasteiger partial charge in [0, 0.05) is 13.2 Å². The second kappa shape index (κ2) is 5.92. The van der Waals surface area contributed by atoms with Crippen LogP contribution in [0.2, 0.25) is 0 Å². The number of thioether (sulfide) groups is 1. The molecular formula is C12H19N3O3S. The van der Waals surface area contributed by atoms with Gasteiger partial charge in [-0.1, -0.05) is 18.7 Å². The van der Waals surface area contributed by atoms with Crippen molar-refractivity contribution in [2.24, 2.45) is 0 Å². The third kappa shape index (κ3) is 3.09. The van der Waals surface area contributed by atoms with Gasteiger partial charge >= 0.3 is 5.97 Å². The number of hydrogen-bond donors (Lipinski definition) is 1. The predicted octanol–water partition coefficient (Wildman–Crippen LogP) is 1.89. The average molecular weight is 285 g/mol. The summed E-state index contributed by atoms with van der Waals surface area (Å²) in [6.45, 7) is 5.63. The van der Waals surface area contributed by atoms with Gasteiger partial charge in [0.1, 0.15) is 5.60 Å². The molecule has 1 aliphatic heterocycles. The van der Waals surface area contributed by atoms with E-state index in [0.29, 0.717) is 5.16 Å². The van der Waals surface area contributed by atoms with E-state index in [4.69, 9.17) is 9.84 Å². The molecule has 1 aromatic rings. The first-order valence-corrected chi connectivity index (χ1v) is 7.47. The molecule has 106 valence electrons. The second-order valence-electron chi connectivity index (χ2n) is 4.82. The SMILES string of the molecule is CCCn1c(SCC(=O)O)nnc1C1(C)CCCO1. The van der Waals surface area contributed by atoms with Gasteiger partial charge in [0.15, 0.2) is 11.0 Å². The number of aliphatic carboxylic acids is 1. The molecule has 0 saturated carbocycles. The number of rotatable bonds is 6. The number of carbonyl (C=O) groups is 1. The zero-order valence-electron chi connectivity index (χ0n) is 11.3. The van der Waals surface area contributed by atoms with Crippen LogP contribution in [-0.2, 0) is 21.7 Å². The zero-order chi connectivity index (χ0) is 13.9. The van der Waals surface area contributed by atoms with E-state index < -0.39 is 5.97 Å². The van der Waals surface area contributed by atoms with E-state index in [2.05, 4.69) is 17.1 Å². The van der Waals surface area contributed by atoms with Crippen LogP contribution in [0.15, 0.2) is 5.16 Å². The van der Waals surface area contributed by atoms with Gasteiger partial charge in [-0.05, 0) is 26.2 Å². The first-order chi connectivity index (χ1) is 9.07. The van der Waals surface area contributed by atoms with Crippen LogP contribution in [0.1, 0.15) is 38.9 Å². The Labute approximate surface area is 116 Å². The molecule has 1 atom stereocenters. The third-order valence-electron chi connectivity index (χ3n) is 3.18. The number of ether oxygens (including phenoxy) is 1. The molecule has 0 amide bonds. The summed E-state index contributed by atoms with van der Waals surface area (Å²) in [6, 6.07) is 0. The number of hydrogen-bond acceptors (Lipinski definition) is 5. The van der Waals surface area contributed by atoms with Crippen LogP contribution in [0.25, 0.3) is 0 Å². The normalized spacial score (nSPS) is 22.8. The molecule has 0 bridgehead atoms. The Balaban J connectivity index is 2.25. The van der Waals surface area contributed by atoms with Crippen LogP contribution in [0.3, 0.4) is 0 Å². The average Bonchev–Trinajstić information content (AvgIpc) is 2.95. The lowest BCUT2D eigenvalue weighted by Crippen LogP contribution is -2.25. The fourth-order valence-corrected chi connectivity index (χ4v) is 2.98. The van der Waals surface area contributed by atoms with E-state index in [9.17, 15) is 4.79 Å². The molecule has 2 rings (SSSR count). The Kier molecular flexibility index (Phi) is 4.46. The summed E-state index contributed by atoms with van der Waals surface area (Å²) in [4.78, 5) is 10.7. The Morgan fingerprint density at radius 1 is 1.58 bits per heavy atom. The monoisotopic (exact) mass is 285 g/mol. The predicted molar refractivity (Wildman–Crippen MR) is 71.2 cm³/mol. The van der Waals surface area contributed by atoms with Crippen molar-refractivity contribution in [3.05, 3.63) is 5.82 Å². The maximum atomic E-state index is 10.7. The zero-order valence-corrected chi connectivity index (χ0v) is 12.1. The van der Waals surface area contributed by atoms with E-state index in [1.165, 1.54) is 11.8 Å². The maximum Gasteiger partial charge on any atom is 0.313 e. The van der Waals surface area contributed by atoms with Crippen molar-refractivity contribution in [1.82, 2.24) is 14.8 Å². The molecule has 7 heteroatoms. The first kappa shape index (κ1) is 14.3. The topological polar surface area (TPSA) is 77.2 Å². The van der Waals surface area contributed by atoms with E-state index in [1.54, 1.807) is 0 Å². The van der Waals surface area contributed by atoms with Gasteiger partial charge < -0.3 is 14.4 Å². The lowest BCUT2D eigenvalue weighted by Gasteiger charge is -2.23. The molecule has 0 spiro atoms. The lowest BCUT2D eigenvalue weighted by atomic mass is 10.0. The van der Waals surface area contributed by atoms with E-state index >= 15 is 0 Å². The van der Waals surface area contributed by atoms with Crippen LogP contribution in [0.5, 0.6) is 0 Å². The van der Waals surface area contributed by atoms with Crippen LogP contribution in [0.4, 0.5) is 0 Å². The summed E-state index contributed by atoms with van der Waals surface area (Å²) in [5, 5.41) is 17.8. The molecule has 1 N–H and O–H groups in total. The van der Waals surface area contributed by atoms with Crippen molar-refractivity contribution < 1.29 is 14.6 Å². The Morgan fingerprint density at radius 3 is 2.95 bits per heavy atom. The van der Waals surface area contributed by atoms with Crippen molar-refractivity contribution in [3.8, 4) is 0 Å². The molecule has 1 aromatic heterocycles. The minimum atomic E-state index is -0.846. The maximum absolute atomic E-state index is 10.7. The molecule has 0 aromatic carbocycles. The van der Waals surface area contributed by atoms with Gasteiger partial charge in [0.2, 0.25) is 0 Å². The van der Waals surface area contributed by atoms with Crippen molar-refractivity contribution in [2.75, 3.05) is 12.4 Å². The summed E-state index contributed by atoms with van der Waals surface area (Å²) < 4.78 is 7.80. The fourth-order valence-electron chi connectivity index (χ4n) is 2.29. The summed E-state index contributed by atoms with van der Waals surface area (Å²) in [5.74, 6) is -0.0277. The van der Waals surface area contributed by atoms with Gasteiger partial charge in [-0.15, -0.1) is 10.2 Å². The Morgan fingerprint density at radius 2 is 2.37 bits per heavy atom. The van der Waals surface area contributed by atoms with E-state index in [-0.39, 0.29) is 11.4 Å². The minimum absolute atomic E-state index is 0.000576. The molecule has 19 heavy (non-hydrogen) atoms. The highest BCUT2D eigenvalue weighted by atomic mass is 32.2. The van der Waals surface area contributed by atoms with Crippen LogP contribution in [-0.4, -0.2) is 38.2 Å². The summed E-state index contributed by atoms with van der Waals surface area (Å²) in [5.41, 5.74) is -0.385. The van der Waals surface area contributed by atoms with E-state index in [0.717, 1.165) is 38.2 Å². The van der Waals surface area contributed by atoms with Crippen LogP contribution < -0.4 is 0 Å². The van der Waals surface area contributed by atoms with Crippen LogP contribution in [0, 0.1) is 0 Å². The quantitative estimate of drug-likeness (QED) is 0.804. The minimum Gasteiger partial charge on any atom is -0.481 e. The molecule has 1 fully saturated rings. The molecule has 1 unspecified atom stereocenters. The highest BCUT2D eigenvalue weighted by Crippen LogP contribution is 2.35. The lowest BCUT2D eigenvalue weighted by molar-refractivity contribution is -0.133. The highest BCUT2D eigenvalue weighted by molar-refractivity contribution is 7.99.